The molecule has 0 saturated carbocycles. The van der Waals surface area contributed by atoms with Crippen molar-refractivity contribution in [2.24, 2.45) is 0 Å². The van der Waals surface area contributed by atoms with Gasteiger partial charge in [-0.15, -0.1) is 0 Å². The molecule has 0 radical (unpaired) electrons. The molecule has 0 aliphatic heterocycles. The van der Waals surface area contributed by atoms with Crippen molar-refractivity contribution in [2.45, 2.75) is 6.61 Å². The molecule has 0 spiro atoms. The summed E-state index contributed by atoms with van der Waals surface area (Å²) in [6, 6.07) is 9.01. The third-order valence-electron chi connectivity index (χ3n) is 3.64. The van der Waals surface area contributed by atoms with E-state index in [0.717, 1.165) is 16.9 Å². The lowest BCUT2D eigenvalue weighted by molar-refractivity contribution is -0.134. The lowest BCUT2D eigenvalue weighted by atomic mass is 10.2. The molecule has 3 rings (SSSR count). The second-order valence-electron chi connectivity index (χ2n) is 5.40. The number of carbonyl (C=O) groups is 1. The Morgan fingerprint density at radius 3 is 2.81 bits per heavy atom. The van der Waals surface area contributed by atoms with Gasteiger partial charge in [0.1, 0.15) is 12.3 Å². The molecular formula is C19H17ClN2O4. The van der Waals surface area contributed by atoms with Crippen LogP contribution < -0.4 is 9.47 Å². The number of imidazole rings is 1. The Morgan fingerprint density at radius 2 is 2.04 bits per heavy atom. The van der Waals surface area contributed by atoms with Crippen molar-refractivity contribution in [3.05, 3.63) is 65.1 Å². The fourth-order valence-electron chi connectivity index (χ4n) is 2.38. The third kappa shape index (κ3) is 4.15. The summed E-state index contributed by atoms with van der Waals surface area (Å²) in [6.45, 7) is 0.285. The van der Waals surface area contributed by atoms with E-state index >= 15 is 0 Å². The number of methoxy groups -OCH3 is 2. The Hall–Kier alpha value is -2.99. The molecule has 0 amide bonds. The predicted molar refractivity (Wildman–Crippen MR) is 98.6 cm³/mol. The maximum atomic E-state index is 11.2. The van der Waals surface area contributed by atoms with Crippen LogP contribution in [0.5, 0.6) is 11.5 Å². The fraction of sp³-hybridized carbons (Fsp3) is 0.158. The van der Waals surface area contributed by atoms with Crippen LogP contribution in [0.15, 0.2) is 48.8 Å². The van der Waals surface area contributed by atoms with Gasteiger partial charge in [0.15, 0.2) is 11.5 Å². The van der Waals surface area contributed by atoms with E-state index in [1.165, 1.54) is 13.2 Å². The quantitative estimate of drug-likeness (QED) is 0.487. The number of esters is 1. The van der Waals surface area contributed by atoms with Gasteiger partial charge in [0.25, 0.3) is 0 Å². The van der Waals surface area contributed by atoms with Crippen molar-refractivity contribution in [1.29, 1.82) is 0 Å². The van der Waals surface area contributed by atoms with E-state index in [9.17, 15) is 4.79 Å². The number of carbonyl (C=O) groups excluding carboxylic acids is 1. The van der Waals surface area contributed by atoms with E-state index in [2.05, 4.69) is 9.72 Å². The van der Waals surface area contributed by atoms with Crippen molar-refractivity contribution in [2.75, 3.05) is 14.2 Å². The van der Waals surface area contributed by atoms with Crippen LogP contribution in [-0.4, -0.2) is 29.6 Å². The molecule has 0 saturated heterocycles. The molecule has 7 heteroatoms. The summed E-state index contributed by atoms with van der Waals surface area (Å²) >= 11 is 5.98. The number of hydrogen-bond acceptors (Lipinski definition) is 5. The van der Waals surface area contributed by atoms with E-state index < -0.39 is 5.97 Å². The third-order valence-corrected chi connectivity index (χ3v) is 3.86. The van der Waals surface area contributed by atoms with Crippen molar-refractivity contribution in [1.82, 2.24) is 9.38 Å². The molecule has 0 unspecified atom stereocenters. The van der Waals surface area contributed by atoms with Gasteiger partial charge >= 0.3 is 5.97 Å². The van der Waals surface area contributed by atoms with E-state index in [4.69, 9.17) is 21.1 Å². The first-order chi connectivity index (χ1) is 12.6. The maximum Gasteiger partial charge on any atom is 0.330 e. The van der Waals surface area contributed by atoms with Gasteiger partial charge in [0.05, 0.1) is 24.9 Å². The number of fused-ring (bicyclic) bond motifs is 1. The minimum atomic E-state index is -0.420. The van der Waals surface area contributed by atoms with Crippen LogP contribution in [0.25, 0.3) is 11.7 Å². The lowest BCUT2D eigenvalue weighted by Crippen LogP contribution is -1.98. The fourth-order valence-corrected chi connectivity index (χ4v) is 2.55. The number of nitrogens with zero attached hydrogens (tertiary/aromatic N) is 2. The van der Waals surface area contributed by atoms with Gasteiger partial charge in [0, 0.05) is 18.5 Å². The summed E-state index contributed by atoms with van der Waals surface area (Å²) in [7, 11) is 2.89. The van der Waals surface area contributed by atoms with E-state index in [-0.39, 0.29) is 6.61 Å². The molecule has 0 aliphatic rings. The Labute approximate surface area is 155 Å². The number of hydrogen-bond donors (Lipinski definition) is 0. The highest BCUT2D eigenvalue weighted by Crippen LogP contribution is 2.29. The number of aromatic nitrogens is 2. The zero-order valence-electron chi connectivity index (χ0n) is 14.3. The zero-order valence-corrected chi connectivity index (χ0v) is 15.1. The second-order valence-corrected chi connectivity index (χ2v) is 5.84. The first kappa shape index (κ1) is 17.8. The monoisotopic (exact) mass is 372 g/mol. The Balaban J connectivity index is 1.74. The summed E-state index contributed by atoms with van der Waals surface area (Å²) in [5.74, 6) is 0.720. The van der Waals surface area contributed by atoms with Gasteiger partial charge in [-0.2, -0.15) is 0 Å². The van der Waals surface area contributed by atoms with Crippen LogP contribution in [0, 0.1) is 0 Å². The van der Waals surface area contributed by atoms with Crippen LogP contribution in [0.2, 0.25) is 5.02 Å². The molecule has 26 heavy (non-hydrogen) atoms. The highest BCUT2D eigenvalue weighted by atomic mass is 35.5. The van der Waals surface area contributed by atoms with E-state index in [1.54, 1.807) is 37.6 Å². The molecule has 0 bridgehead atoms. The topological polar surface area (TPSA) is 62.1 Å². The Bertz CT molecular complexity index is 965. The van der Waals surface area contributed by atoms with Gasteiger partial charge < -0.3 is 18.6 Å². The first-order valence-electron chi connectivity index (χ1n) is 7.79. The highest BCUT2D eigenvalue weighted by molar-refractivity contribution is 6.30. The second kappa shape index (κ2) is 7.93. The summed E-state index contributed by atoms with van der Waals surface area (Å²) in [5.41, 5.74) is 2.36. The molecule has 0 N–H and O–H groups in total. The molecule has 134 valence electrons. The van der Waals surface area contributed by atoms with Crippen molar-refractivity contribution in [3.63, 3.8) is 0 Å². The number of ether oxygens (including phenoxy) is 3. The molecule has 0 atom stereocenters. The van der Waals surface area contributed by atoms with E-state index in [1.807, 2.05) is 22.7 Å². The Kier molecular flexibility index (Phi) is 5.43. The molecule has 0 fully saturated rings. The average Bonchev–Trinajstić information content (AvgIpc) is 3.06. The number of benzene rings is 1. The minimum absolute atomic E-state index is 0.285. The molecule has 2 aromatic heterocycles. The van der Waals surface area contributed by atoms with Crippen LogP contribution in [0.1, 0.15) is 11.3 Å². The number of pyridine rings is 1. The molecule has 1 aromatic carbocycles. The van der Waals surface area contributed by atoms with Gasteiger partial charge in [-0.3, -0.25) is 0 Å². The molecule has 6 nitrogen and oxygen atoms in total. The lowest BCUT2D eigenvalue weighted by Gasteiger charge is -2.10. The van der Waals surface area contributed by atoms with Crippen LogP contribution in [-0.2, 0) is 16.1 Å². The van der Waals surface area contributed by atoms with Gasteiger partial charge in [-0.25, -0.2) is 9.78 Å². The van der Waals surface area contributed by atoms with Gasteiger partial charge in [-0.1, -0.05) is 17.7 Å². The standard InChI is InChI=1S/C19H17ClN2O4/c1-24-17-9-13(4-8-19(23)25-2)3-6-16(17)26-12-15-11-22-10-14(20)5-7-18(22)21-15/h3-11H,12H2,1-2H3/b8-4+. The van der Waals surface area contributed by atoms with E-state index in [0.29, 0.717) is 16.5 Å². The smallest absolute Gasteiger partial charge is 0.330 e. The maximum absolute atomic E-state index is 11.2. The normalized spacial score (nSPS) is 11.0. The van der Waals surface area contributed by atoms with Crippen LogP contribution in [0.3, 0.4) is 0 Å². The van der Waals surface area contributed by atoms with Gasteiger partial charge in [-0.05, 0) is 35.9 Å². The zero-order chi connectivity index (χ0) is 18.5. The average molecular weight is 373 g/mol. The van der Waals surface area contributed by atoms with Crippen molar-refractivity contribution < 1.29 is 19.0 Å². The summed E-state index contributed by atoms with van der Waals surface area (Å²) < 4.78 is 17.6. The highest BCUT2D eigenvalue weighted by Gasteiger charge is 2.08. The largest absolute Gasteiger partial charge is 0.493 e. The molecular weight excluding hydrogens is 356 g/mol. The number of halogens is 1. The SMILES string of the molecule is COC(=O)/C=C/c1ccc(OCc2cn3cc(Cl)ccc3n2)c(OC)c1. The van der Waals surface area contributed by atoms with Crippen LogP contribution in [0.4, 0.5) is 0 Å². The minimum Gasteiger partial charge on any atom is -0.493 e. The first-order valence-corrected chi connectivity index (χ1v) is 8.17. The van der Waals surface area contributed by atoms with Gasteiger partial charge in [0.2, 0.25) is 0 Å². The van der Waals surface area contributed by atoms with Crippen molar-refractivity contribution >= 4 is 29.3 Å². The molecule has 3 aromatic rings. The number of rotatable bonds is 6. The Morgan fingerprint density at radius 1 is 1.19 bits per heavy atom. The summed E-state index contributed by atoms with van der Waals surface area (Å²) in [6.07, 6.45) is 6.64. The molecule has 2 heterocycles. The van der Waals surface area contributed by atoms with Crippen LogP contribution >= 0.6 is 11.6 Å². The summed E-state index contributed by atoms with van der Waals surface area (Å²) in [5, 5.41) is 0.639. The summed E-state index contributed by atoms with van der Waals surface area (Å²) in [4.78, 5) is 15.7. The molecule has 0 aliphatic carbocycles. The predicted octanol–water partition coefficient (Wildman–Crippen LogP) is 3.76. The van der Waals surface area contributed by atoms with Crippen molar-refractivity contribution in [3.8, 4) is 11.5 Å².